The van der Waals surface area contributed by atoms with Gasteiger partial charge in [0.1, 0.15) is 0 Å². The monoisotopic (exact) mass is 189 g/mol. The lowest BCUT2D eigenvalue weighted by Crippen LogP contribution is -2.02. The van der Waals surface area contributed by atoms with Crippen LogP contribution in [0, 0.1) is 0 Å². The third kappa shape index (κ3) is 4.06. The van der Waals surface area contributed by atoms with Gasteiger partial charge in [-0.15, -0.1) is 9.42 Å². The Balaban J connectivity index is 3.98. The summed E-state index contributed by atoms with van der Waals surface area (Å²) in [6, 6.07) is 0. The van der Waals surface area contributed by atoms with Crippen LogP contribution in [0.5, 0.6) is 0 Å². The van der Waals surface area contributed by atoms with Gasteiger partial charge in [0, 0.05) is 4.57 Å². The highest BCUT2D eigenvalue weighted by atomic mass is 31.2. The zero-order valence-electron chi connectivity index (χ0n) is 5.04. The first-order valence-electron chi connectivity index (χ1n) is 2.22. The van der Waals surface area contributed by atoms with E-state index in [1.807, 2.05) is 0 Å². The van der Waals surface area contributed by atoms with Gasteiger partial charge in [0.15, 0.2) is 0 Å². The van der Waals surface area contributed by atoms with Gasteiger partial charge in [-0.3, -0.25) is 4.57 Å². The molecule has 2 unspecified atom stereocenters. The summed E-state index contributed by atoms with van der Waals surface area (Å²) in [4.78, 5) is 24.6. The van der Waals surface area contributed by atoms with E-state index in [-0.39, 0.29) is 0 Å². The van der Waals surface area contributed by atoms with Crippen LogP contribution < -0.4 is 0 Å². The van der Waals surface area contributed by atoms with E-state index in [1.54, 1.807) is 0 Å². The van der Waals surface area contributed by atoms with Gasteiger partial charge in [0.25, 0.3) is 0 Å². The van der Waals surface area contributed by atoms with E-state index in [9.17, 15) is 9.13 Å². The van der Waals surface area contributed by atoms with Crippen LogP contribution in [0.15, 0.2) is 0 Å². The van der Waals surface area contributed by atoms with Crippen molar-refractivity contribution in [3.63, 3.8) is 0 Å². The molecule has 6 nitrogen and oxygen atoms in total. The fourth-order valence-corrected chi connectivity index (χ4v) is 1.19. The lowest BCUT2D eigenvalue weighted by molar-refractivity contribution is 0.222. The van der Waals surface area contributed by atoms with Crippen molar-refractivity contribution in [3.05, 3.63) is 0 Å². The molecular formula is C2H7O6P2+. The summed E-state index contributed by atoms with van der Waals surface area (Å²) in [6.45, 7) is 1.02. The van der Waals surface area contributed by atoms with Gasteiger partial charge in [-0.2, -0.15) is 0 Å². The SMILES string of the molecule is CC(O[P+](=O)O)P(=O)(O)O. The Bertz CT molecular complexity index is 171. The van der Waals surface area contributed by atoms with Crippen molar-refractivity contribution < 1.29 is 28.3 Å². The van der Waals surface area contributed by atoms with Gasteiger partial charge in [-0.25, -0.2) is 0 Å². The molecule has 0 bridgehead atoms. The molecule has 0 amide bonds. The van der Waals surface area contributed by atoms with Gasteiger partial charge in [0.05, 0.1) is 0 Å². The highest BCUT2D eigenvalue weighted by Gasteiger charge is 2.33. The third-order valence-electron chi connectivity index (χ3n) is 0.716. The summed E-state index contributed by atoms with van der Waals surface area (Å²) in [6.07, 6.45) is 0. The summed E-state index contributed by atoms with van der Waals surface area (Å²) in [5.41, 5.74) is 0. The van der Waals surface area contributed by atoms with Gasteiger partial charge in [-0.05, 0) is 6.92 Å². The lowest BCUT2D eigenvalue weighted by Gasteiger charge is -2.04. The molecule has 0 saturated heterocycles. The van der Waals surface area contributed by atoms with Crippen LogP contribution in [0.1, 0.15) is 6.92 Å². The van der Waals surface area contributed by atoms with Gasteiger partial charge in [-0.1, -0.05) is 0 Å². The second kappa shape index (κ2) is 3.53. The molecule has 0 spiro atoms. The minimum atomic E-state index is -4.38. The minimum absolute atomic E-state index is 1.02. The molecular weight excluding hydrogens is 182 g/mol. The highest BCUT2D eigenvalue weighted by molar-refractivity contribution is 7.52. The predicted molar refractivity (Wildman–Crippen MR) is 32.4 cm³/mol. The van der Waals surface area contributed by atoms with Crippen LogP contribution in [0.4, 0.5) is 0 Å². The molecule has 0 radical (unpaired) electrons. The maximum Gasteiger partial charge on any atom is 0.695 e. The lowest BCUT2D eigenvalue weighted by atomic mass is 10.9. The summed E-state index contributed by atoms with van der Waals surface area (Å²) in [5.74, 6) is -1.53. The maximum absolute atomic E-state index is 10.2. The first kappa shape index (κ1) is 10.2. The second-order valence-electron chi connectivity index (χ2n) is 1.53. The van der Waals surface area contributed by atoms with Crippen LogP contribution >= 0.6 is 15.9 Å². The van der Waals surface area contributed by atoms with Gasteiger partial charge in [0.2, 0.25) is 5.85 Å². The number of hydrogen-bond acceptors (Lipinski definition) is 3. The van der Waals surface area contributed by atoms with E-state index in [0.717, 1.165) is 6.92 Å². The van der Waals surface area contributed by atoms with E-state index in [0.29, 0.717) is 0 Å². The molecule has 0 saturated carbocycles. The van der Waals surface area contributed by atoms with Crippen molar-refractivity contribution in [1.82, 2.24) is 0 Å². The maximum atomic E-state index is 10.2. The zero-order valence-corrected chi connectivity index (χ0v) is 6.83. The van der Waals surface area contributed by atoms with Crippen LogP contribution in [0.2, 0.25) is 0 Å². The molecule has 0 aliphatic carbocycles. The predicted octanol–water partition coefficient (Wildman–Crippen LogP) is 0.176. The Morgan fingerprint density at radius 1 is 1.60 bits per heavy atom. The van der Waals surface area contributed by atoms with E-state index in [2.05, 4.69) is 4.52 Å². The summed E-state index contributed by atoms with van der Waals surface area (Å²) >= 11 is 0. The van der Waals surface area contributed by atoms with E-state index >= 15 is 0 Å². The fourth-order valence-electron chi connectivity index (χ4n) is 0.192. The summed E-state index contributed by atoms with van der Waals surface area (Å²) in [5, 5.41) is 0. The Labute approximate surface area is 57.9 Å². The van der Waals surface area contributed by atoms with Gasteiger partial charge >= 0.3 is 15.9 Å². The molecule has 0 aromatic carbocycles. The topological polar surface area (TPSA) is 104 Å². The zero-order chi connectivity index (χ0) is 8.36. The van der Waals surface area contributed by atoms with Crippen LogP contribution in [0.3, 0.4) is 0 Å². The average Bonchev–Trinajstić information content (AvgIpc) is 1.60. The van der Waals surface area contributed by atoms with Crippen LogP contribution in [-0.4, -0.2) is 20.5 Å². The van der Waals surface area contributed by atoms with Crippen molar-refractivity contribution in [2.24, 2.45) is 0 Å². The molecule has 0 aliphatic rings. The normalized spacial score (nSPS) is 16.6. The third-order valence-corrected chi connectivity index (χ3v) is 2.43. The molecule has 3 N–H and O–H groups in total. The van der Waals surface area contributed by atoms with Crippen molar-refractivity contribution in [2.75, 3.05) is 0 Å². The molecule has 0 aliphatic heterocycles. The van der Waals surface area contributed by atoms with Gasteiger partial charge < -0.3 is 9.79 Å². The molecule has 10 heavy (non-hydrogen) atoms. The Hall–Kier alpha value is 0.170. The van der Waals surface area contributed by atoms with E-state index < -0.39 is 21.7 Å². The van der Waals surface area contributed by atoms with E-state index in [4.69, 9.17) is 14.7 Å². The number of rotatable bonds is 3. The minimum Gasteiger partial charge on any atom is -0.322 e. The van der Waals surface area contributed by atoms with Crippen LogP contribution in [-0.2, 0) is 13.7 Å². The summed E-state index contributed by atoms with van der Waals surface area (Å²) in [7, 11) is -7.32. The Kier molecular flexibility index (Phi) is 3.59. The van der Waals surface area contributed by atoms with Crippen molar-refractivity contribution in [2.45, 2.75) is 12.8 Å². The first-order valence-corrected chi connectivity index (χ1v) is 5.03. The molecule has 0 aromatic heterocycles. The Morgan fingerprint density at radius 2 is 2.00 bits per heavy atom. The standard InChI is InChI=1S/C2H6O6P2/c1-2(8-9(3)4)10(5,6)7/h2H,1H3,(H2-,3,4,5,6,7)/p+1. The molecule has 0 aromatic rings. The smallest absolute Gasteiger partial charge is 0.322 e. The second-order valence-corrected chi connectivity index (χ2v) is 4.12. The van der Waals surface area contributed by atoms with Crippen molar-refractivity contribution in [3.8, 4) is 0 Å². The van der Waals surface area contributed by atoms with Crippen LogP contribution in [0.25, 0.3) is 0 Å². The van der Waals surface area contributed by atoms with Crippen molar-refractivity contribution in [1.29, 1.82) is 0 Å². The molecule has 0 rings (SSSR count). The van der Waals surface area contributed by atoms with E-state index in [1.165, 1.54) is 0 Å². The molecule has 2 atom stereocenters. The largest absolute Gasteiger partial charge is 0.695 e. The summed E-state index contributed by atoms with van der Waals surface area (Å²) < 4.78 is 24.0. The average molecular weight is 189 g/mol. The molecule has 0 fully saturated rings. The molecule has 0 heterocycles. The molecule has 8 heteroatoms. The number of hydrogen-bond donors (Lipinski definition) is 3. The van der Waals surface area contributed by atoms with Crippen molar-refractivity contribution >= 4 is 15.9 Å². The quantitative estimate of drug-likeness (QED) is 0.547. The molecule has 60 valence electrons. The Morgan fingerprint density at radius 3 is 2.10 bits per heavy atom. The highest BCUT2D eigenvalue weighted by Crippen LogP contribution is 2.44. The fraction of sp³-hybridized carbons (Fsp3) is 1.00. The first-order chi connectivity index (χ1) is 4.34.